The Morgan fingerprint density at radius 2 is 0.836 bits per heavy atom. The fraction of sp³-hybridized carbons (Fsp3) is 0.922. The number of ether oxygens (including phenoxy) is 2. The third kappa shape index (κ3) is 48.1. The van der Waals surface area contributed by atoms with E-state index in [9.17, 15) is 19.0 Å². The fourth-order valence-corrected chi connectivity index (χ4v) is 8.20. The van der Waals surface area contributed by atoms with E-state index in [0.29, 0.717) is 17.4 Å². The van der Waals surface area contributed by atoms with E-state index in [4.69, 9.17) is 18.5 Å². The number of nitrogens with zero attached hydrogens (tertiary/aromatic N) is 1. The van der Waals surface area contributed by atoms with Crippen LogP contribution in [0, 0.1) is 0 Å². The minimum atomic E-state index is -4.63. The van der Waals surface area contributed by atoms with Crippen molar-refractivity contribution in [2.45, 2.75) is 258 Å². The van der Waals surface area contributed by atoms with Gasteiger partial charge >= 0.3 is 11.9 Å². The largest absolute Gasteiger partial charge is 0.756 e. The van der Waals surface area contributed by atoms with Gasteiger partial charge in [-0.2, -0.15) is 0 Å². The summed E-state index contributed by atoms with van der Waals surface area (Å²) >= 11 is 0. The Morgan fingerprint density at radius 3 is 1.21 bits per heavy atom. The number of allylic oxidation sites excluding steroid dienone is 2. The summed E-state index contributed by atoms with van der Waals surface area (Å²) in [4.78, 5) is 37.7. The number of phosphoric ester groups is 1. The minimum absolute atomic E-state index is 0.0282. The predicted molar refractivity (Wildman–Crippen MR) is 255 cm³/mol. The van der Waals surface area contributed by atoms with Gasteiger partial charge < -0.3 is 27.9 Å². The number of hydrogen-bond acceptors (Lipinski definition) is 8. The third-order valence-corrected chi connectivity index (χ3v) is 12.5. The summed E-state index contributed by atoms with van der Waals surface area (Å²) in [5.74, 6) is -0.824. The minimum Gasteiger partial charge on any atom is -0.756 e. The molecular weight excluding hydrogens is 786 g/mol. The molecule has 1 unspecified atom stereocenters. The molecule has 0 heterocycles. The Bertz CT molecular complexity index is 1050. The Labute approximate surface area is 377 Å². The lowest BCUT2D eigenvalue weighted by Gasteiger charge is -2.28. The van der Waals surface area contributed by atoms with E-state index >= 15 is 0 Å². The van der Waals surface area contributed by atoms with Crippen molar-refractivity contribution in [3.63, 3.8) is 0 Å². The van der Waals surface area contributed by atoms with Crippen LogP contribution in [0.25, 0.3) is 0 Å². The Hall–Kier alpha value is -1.25. The highest BCUT2D eigenvalue weighted by Gasteiger charge is 2.21. The number of carbonyl (C=O) groups is 2. The highest BCUT2D eigenvalue weighted by molar-refractivity contribution is 7.45. The molecule has 0 bridgehead atoms. The van der Waals surface area contributed by atoms with E-state index < -0.39 is 26.5 Å². The van der Waals surface area contributed by atoms with E-state index in [1.165, 1.54) is 173 Å². The van der Waals surface area contributed by atoms with E-state index in [1.807, 2.05) is 21.1 Å². The average molecular weight is 886 g/mol. The zero-order chi connectivity index (χ0) is 45.0. The second kappa shape index (κ2) is 44.0. The summed E-state index contributed by atoms with van der Waals surface area (Å²) in [7, 11) is 1.18. The number of quaternary nitrogens is 1. The lowest BCUT2D eigenvalue weighted by molar-refractivity contribution is -0.870. The average Bonchev–Trinajstić information content (AvgIpc) is 3.21. The number of phosphoric acid groups is 1. The number of hydrogen-bond donors (Lipinski definition) is 0. The highest BCUT2D eigenvalue weighted by Crippen LogP contribution is 2.38. The maximum atomic E-state index is 12.7. The zero-order valence-corrected chi connectivity index (χ0v) is 41.8. The molecule has 0 radical (unpaired) electrons. The quantitative estimate of drug-likeness (QED) is 0.0195. The maximum Gasteiger partial charge on any atom is 0.306 e. The lowest BCUT2D eigenvalue weighted by atomic mass is 10.0. The van der Waals surface area contributed by atoms with Crippen molar-refractivity contribution in [2.24, 2.45) is 0 Å². The van der Waals surface area contributed by atoms with E-state index in [0.717, 1.165) is 44.9 Å². The molecule has 0 saturated carbocycles. The van der Waals surface area contributed by atoms with Gasteiger partial charge in [-0.15, -0.1) is 0 Å². The van der Waals surface area contributed by atoms with Gasteiger partial charge in [0.15, 0.2) is 6.10 Å². The molecule has 0 aromatic rings. The summed E-state index contributed by atoms with van der Waals surface area (Å²) in [6.07, 6.45) is 48.1. The second-order valence-electron chi connectivity index (χ2n) is 18.9. The smallest absolute Gasteiger partial charge is 0.306 e. The van der Waals surface area contributed by atoms with E-state index in [2.05, 4.69) is 26.0 Å². The van der Waals surface area contributed by atoms with Gasteiger partial charge in [0.2, 0.25) is 0 Å². The molecular formula is C51H100NO8P. The number of likely N-dealkylation sites (N-methyl/N-ethyl adjacent to an activating group) is 1. The van der Waals surface area contributed by atoms with Crippen molar-refractivity contribution in [3.05, 3.63) is 12.2 Å². The molecule has 0 aromatic carbocycles. The molecule has 0 saturated heterocycles. The summed E-state index contributed by atoms with van der Waals surface area (Å²) in [6, 6.07) is 0. The van der Waals surface area contributed by atoms with Crippen LogP contribution in [0.4, 0.5) is 0 Å². The number of esters is 2. The number of carbonyl (C=O) groups excluding carboxylic acids is 2. The first-order chi connectivity index (χ1) is 29.5. The Morgan fingerprint density at radius 1 is 0.492 bits per heavy atom. The molecule has 362 valence electrons. The van der Waals surface area contributed by atoms with Crippen molar-refractivity contribution >= 4 is 19.8 Å². The maximum absolute atomic E-state index is 12.7. The molecule has 0 amide bonds. The van der Waals surface area contributed by atoms with Crippen molar-refractivity contribution in [1.29, 1.82) is 0 Å². The van der Waals surface area contributed by atoms with Crippen LogP contribution in [0.15, 0.2) is 12.2 Å². The lowest BCUT2D eigenvalue weighted by Crippen LogP contribution is -2.37. The first-order valence-electron chi connectivity index (χ1n) is 25.9. The molecule has 9 nitrogen and oxygen atoms in total. The molecule has 0 aliphatic rings. The van der Waals surface area contributed by atoms with Gasteiger partial charge in [0, 0.05) is 12.8 Å². The third-order valence-electron chi connectivity index (χ3n) is 11.5. The monoisotopic (exact) mass is 886 g/mol. The Balaban J connectivity index is 4.22. The highest BCUT2D eigenvalue weighted by atomic mass is 31.2. The van der Waals surface area contributed by atoms with Crippen LogP contribution in [0.3, 0.4) is 0 Å². The molecule has 61 heavy (non-hydrogen) atoms. The van der Waals surface area contributed by atoms with Crippen LogP contribution >= 0.6 is 7.82 Å². The standard InChI is InChI=1S/C51H100NO8P/c1-6-8-10-12-14-16-18-20-22-24-26-28-30-32-34-36-38-40-42-44-51(54)60-49(48-59-61(55,56)58-46-45-52(3,4)5)47-57-50(53)43-41-39-37-35-33-31-29-27-25-23-21-19-17-15-13-11-9-7-2/h24,26,49H,6-23,25,27-48H2,1-5H3/b26-24-/t49-/m1/s1. The van der Waals surface area contributed by atoms with E-state index in [-0.39, 0.29) is 32.0 Å². The normalized spacial score (nSPS) is 13.5. The van der Waals surface area contributed by atoms with Crippen LogP contribution in [0.1, 0.15) is 251 Å². The van der Waals surface area contributed by atoms with Crippen LogP contribution in [-0.2, 0) is 32.7 Å². The van der Waals surface area contributed by atoms with Crippen LogP contribution in [0.2, 0.25) is 0 Å². The molecule has 2 atom stereocenters. The van der Waals surface area contributed by atoms with Gasteiger partial charge in [-0.1, -0.05) is 212 Å². The summed E-state index contributed by atoms with van der Waals surface area (Å²) in [6.45, 7) is 4.27. The molecule has 0 rings (SSSR count). The van der Waals surface area contributed by atoms with Crippen molar-refractivity contribution in [2.75, 3.05) is 47.5 Å². The molecule has 0 fully saturated rings. The van der Waals surface area contributed by atoms with Crippen LogP contribution in [0.5, 0.6) is 0 Å². The SMILES string of the molecule is CCCCCCCCCC/C=C\CCCCCCCCCC(=O)O[C@H](COC(=O)CCCCCCCCCCCCCCCCCCCC)COP(=O)([O-])OCC[N+](C)(C)C. The van der Waals surface area contributed by atoms with Gasteiger partial charge in [-0.05, 0) is 38.5 Å². The first-order valence-corrected chi connectivity index (χ1v) is 27.4. The van der Waals surface area contributed by atoms with Crippen molar-refractivity contribution < 1.29 is 42.1 Å². The Kier molecular flexibility index (Phi) is 43.1. The summed E-state index contributed by atoms with van der Waals surface area (Å²) < 4.78 is 34.1. The molecule has 0 N–H and O–H groups in total. The van der Waals surface area contributed by atoms with E-state index in [1.54, 1.807) is 0 Å². The second-order valence-corrected chi connectivity index (χ2v) is 20.3. The van der Waals surface area contributed by atoms with Crippen molar-refractivity contribution in [3.8, 4) is 0 Å². The predicted octanol–water partition coefficient (Wildman–Crippen LogP) is 14.7. The zero-order valence-electron chi connectivity index (χ0n) is 40.9. The van der Waals surface area contributed by atoms with Gasteiger partial charge in [0.05, 0.1) is 27.7 Å². The number of rotatable bonds is 48. The molecule has 0 spiro atoms. The summed E-state index contributed by atoms with van der Waals surface area (Å²) in [5, 5.41) is 0. The van der Waals surface area contributed by atoms with Crippen molar-refractivity contribution in [1.82, 2.24) is 0 Å². The summed E-state index contributed by atoms with van der Waals surface area (Å²) in [5.41, 5.74) is 0. The van der Waals surface area contributed by atoms with Crippen LogP contribution in [-0.4, -0.2) is 70.0 Å². The van der Waals surface area contributed by atoms with Gasteiger partial charge in [0.1, 0.15) is 19.8 Å². The van der Waals surface area contributed by atoms with Gasteiger partial charge in [-0.25, -0.2) is 0 Å². The first kappa shape index (κ1) is 59.8. The topological polar surface area (TPSA) is 111 Å². The fourth-order valence-electron chi connectivity index (χ4n) is 7.48. The number of unbranched alkanes of at least 4 members (excludes halogenated alkanes) is 32. The van der Waals surface area contributed by atoms with Gasteiger partial charge in [0.25, 0.3) is 7.82 Å². The molecule has 10 heteroatoms. The van der Waals surface area contributed by atoms with Gasteiger partial charge in [-0.3, -0.25) is 14.2 Å². The molecule has 0 aliphatic carbocycles. The van der Waals surface area contributed by atoms with Crippen LogP contribution < -0.4 is 4.89 Å². The molecule has 0 aliphatic heterocycles. The molecule has 0 aromatic heterocycles.